The lowest BCUT2D eigenvalue weighted by molar-refractivity contribution is -0.116. The fourth-order valence-corrected chi connectivity index (χ4v) is 2.72. The number of imidazole rings is 1. The third-order valence-electron chi connectivity index (χ3n) is 3.80. The molecule has 2 aromatic rings. The number of nitrogens with one attached hydrogen (secondary N) is 1. The Kier molecular flexibility index (Phi) is 7.55. The number of aromatic nitrogens is 2. The van der Waals surface area contributed by atoms with E-state index in [9.17, 15) is 4.79 Å². The lowest BCUT2D eigenvalue weighted by atomic mass is 10.1. The van der Waals surface area contributed by atoms with Gasteiger partial charge in [-0.1, -0.05) is 0 Å². The van der Waals surface area contributed by atoms with Crippen molar-refractivity contribution in [1.29, 1.82) is 0 Å². The number of carbonyl (C=O) groups excluding carboxylic acids is 1. The third kappa shape index (κ3) is 4.47. The van der Waals surface area contributed by atoms with E-state index in [-0.39, 0.29) is 30.7 Å². The number of nitrogens with zero attached hydrogens (tertiary/aromatic N) is 2. The number of carbonyl (C=O) groups is 1. The van der Waals surface area contributed by atoms with Crippen LogP contribution in [0.5, 0.6) is 0 Å². The first kappa shape index (κ1) is 19.5. The quantitative estimate of drug-likeness (QED) is 0.884. The molecule has 3 N–H and O–H groups in total. The number of hydrogen-bond donors (Lipinski definition) is 2. The zero-order valence-electron chi connectivity index (χ0n) is 12.8. The molecular formula is C16H22Cl2N4O. The molecule has 5 nitrogen and oxygen atoms in total. The summed E-state index contributed by atoms with van der Waals surface area (Å²) in [6.45, 7) is 1.41. The Labute approximate surface area is 148 Å². The minimum Gasteiger partial charge on any atom is -0.330 e. The normalized spacial score (nSPS) is 12.6. The van der Waals surface area contributed by atoms with Gasteiger partial charge in [-0.25, -0.2) is 4.98 Å². The van der Waals surface area contributed by atoms with Gasteiger partial charge in [-0.2, -0.15) is 0 Å². The van der Waals surface area contributed by atoms with E-state index < -0.39 is 0 Å². The second-order valence-electron chi connectivity index (χ2n) is 5.35. The number of rotatable bonds is 4. The molecule has 0 bridgehead atoms. The molecule has 0 fully saturated rings. The Morgan fingerprint density at radius 1 is 1.22 bits per heavy atom. The van der Waals surface area contributed by atoms with Crippen molar-refractivity contribution in [2.75, 3.05) is 11.9 Å². The van der Waals surface area contributed by atoms with E-state index in [2.05, 4.69) is 14.9 Å². The highest BCUT2D eigenvalue weighted by molar-refractivity contribution is 5.91. The molecule has 23 heavy (non-hydrogen) atoms. The van der Waals surface area contributed by atoms with Crippen molar-refractivity contribution in [2.45, 2.75) is 32.2 Å². The average Bonchev–Trinajstić information content (AvgIpc) is 2.92. The molecule has 1 aromatic carbocycles. The van der Waals surface area contributed by atoms with Gasteiger partial charge in [-0.3, -0.25) is 4.79 Å². The van der Waals surface area contributed by atoms with Crippen LogP contribution in [0.1, 0.15) is 25.0 Å². The summed E-state index contributed by atoms with van der Waals surface area (Å²) in [4.78, 5) is 16.1. The van der Waals surface area contributed by atoms with Crippen molar-refractivity contribution in [3.8, 4) is 11.4 Å². The van der Waals surface area contributed by atoms with Crippen molar-refractivity contribution in [2.24, 2.45) is 5.73 Å². The molecule has 3 rings (SSSR count). The van der Waals surface area contributed by atoms with E-state index in [1.165, 1.54) is 18.5 Å². The first-order chi connectivity index (χ1) is 10.3. The molecule has 0 atom stereocenters. The van der Waals surface area contributed by atoms with Crippen molar-refractivity contribution in [3.63, 3.8) is 0 Å². The maximum absolute atomic E-state index is 11.5. The summed E-state index contributed by atoms with van der Waals surface area (Å²) in [6, 6.07) is 7.83. The average molecular weight is 357 g/mol. The predicted octanol–water partition coefficient (Wildman–Crippen LogP) is 3.02. The molecule has 1 aliphatic heterocycles. The van der Waals surface area contributed by atoms with Crippen LogP contribution in [0.3, 0.4) is 0 Å². The minimum atomic E-state index is -0.0524. The lowest BCUT2D eigenvalue weighted by Crippen LogP contribution is -2.16. The van der Waals surface area contributed by atoms with E-state index in [1.807, 2.05) is 30.5 Å². The second kappa shape index (κ2) is 8.91. The summed E-state index contributed by atoms with van der Waals surface area (Å²) in [5.41, 5.74) is 8.56. The second-order valence-corrected chi connectivity index (χ2v) is 5.35. The van der Waals surface area contributed by atoms with E-state index in [0.29, 0.717) is 13.0 Å². The SMILES string of the molecule is Cl.Cl.NCCC(=O)Nc1ccc(-c2ncc3n2CCCC3)cc1. The number of halogens is 2. The van der Waals surface area contributed by atoms with Gasteiger partial charge in [0.15, 0.2) is 0 Å². The van der Waals surface area contributed by atoms with Crippen LogP contribution in [0.4, 0.5) is 5.69 Å². The smallest absolute Gasteiger partial charge is 0.225 e. The molecule has 1 amide bonds. The molecule has 126 valence electrons. The molecule has 0 unspecified atom stereocenters. The summed E-state index contributed by atoms with van der Waals surface area (Å²) >= 11 is 0. The number of nitrogens with two attached hydrogens (primary N) is 1. The molecular weight excluding hydrogens is 335 g/mol. The molecule has 0 spiro atoms. The van der Waals surface area contributed by atoms with Crippen LogP contribution < -0.4 is 11.1 Å². The monoisotopic (exact) mass is 356 g/mol. The minimum absolute atomic E-state index is 0. The summed E-state index contributed by atoms with van der Waals surface area (Å²) in [7, 11) is 0. The summed E-state index contributed by atoms with van der Waals surface area (Å²) < 4.78 is 2.30. The van der Waals surface area contributed by atoms with Gasteiger partial charge in [0.25, 0.3) is 0 Å². The van der Waals surface area contributed by atoms with Gasteiger partial charge in [-0.15, -0.1) is 24.8 Å². The number of benzene rings is 1. The highest BCUT2D eigenvalue weighted by atomic mass is 35.5. The Balaban J connectivity index is 0.00000132. The Morgan fingerprint density at radius 3 is 2.65 bits per heavy atom. The third-order valence-corrected chi connectivity index (χ3v) is 3.80. The standard InChI is InChI=1S/C16H20N4O.2ClH/c17-9-8-15(21)19-13-6-4-12(5-7-13)16-18-11-14-3-1-2-10-20(14)16;;/h4-7,11H,1-3,8-10,17H2,(H,19,21);2*1H. The number of amides is 1. The Bertz CT molecular complexity index is 640. The maximum Gasteiger partial charge on any atom is 0.225 e. The number of fused-ring (bicyclic) bond motifs is 1. The summed E-state index contributed by atoms with van der Waals surface area (Å²) in [5.74, 6) is 0.966. The largest absolute Gasteiger partial charge is 0.330 e. The van der Waals surface area contributed by atoms with Gasteiger partial charge in [0.05, 0.1) is 0 Å². The molecule has 1 aromatic heterocycles. The van der Waals surface area contributed by atoms with Crippen molar-refractivity contribution in [1.82, 2.24) is 9.55 Å². The van der Waals surface area contributed by atoms with Crippen LogP contribution in [0.25, 0.3) is 11.4 Å². The van der Waals surface area contributed by atoms with Gasteiger partial charge in [0.2, 0.25) is 5.91 Å². The van der Waals surface area contributed by atoms with Crippen LogP contribution in [0.15, 0.2) is 30.5 Å². The Morgan fingerprint density at radius 2 is 1.96 bits per heavy atom. The molecule has 1 aliphatic rings. The molecule has 0 radical (unpaired) electrons. The van der Waals surface area contributed by atoms with Crippen LogP contribution in [-0.4, -0.2) is 22.0 Å². The van der Waals surface area contributed by atoms with Crippen LogP contribution in [-0.2, 0) is 17.8 Å². The van der Waals surface area contributed by atoms with Crippen LogP contribution in [0.2, 0.25) is 0 Å². The van der Waals surface area contributed by atoms with Gasteiger partial charge < -0.3 is 15.6 Å². The zero-order chi connectivity index (χ0) is 14.7. The number of aryl methyl sites for hydroxylation is 1. The topological polar surface area (TPSA) is 72.9 Å². The van der Waals surface area contributed by atoms with Crippen LogP contribution >= 0.6 is 24.8 Å². The highest BCUT2D eigenvalue weighted by Crippen LogP contribution is 2.25. The van der Waals surface area contributed by atoms with Crippen LogP contribution in [0, 0.1) is 0 Å². The van der Waals surface area contributed by atoms with E-state index >= 15 is 0 Å². The van der Waals surface area contributed by atoms with Gasteiger partial charge in [0.1, 0.15) is 5.82 Å². The molecule has 0 saturated heterocycles. The lowest BCUT2D eigenvalue weighted by Gasteiger charge is -2.16. The molecule has 0 aliphatic carbocycles. The highest BCUT2D eigenvalue weighted by Gasteiger charge is 2.15. The number of hydrogen-bond acceptors (Lipinski definition) is 3. The van der Waals surface area contributed by atoms with Gasteiger partial charge >= 0.3 is 0 Å². The van der Waals surface area contributed by atoms with E-state index in [4.69, 9.17) is 5.73 Å². The molecule has 2 heterocycles. The predicted molar refractivity (Wildman–Crippen MR) is 97.4 cm³/mol. The first-order valence-electron chi connectivity index (χ1n) is 7.42. The Hall–Kier alpha value is -1.56. The van der Waals surface area contributed by atoms with E-state index in [1.54, 1.807) is 0 Å². The van der Waals surface area contributed by atoms with Crippen molar-refractivity contribution in [3.05, 3.63) is 36.2 Å². The summed E-state index contributed by atoms with van der Waals surface area (Å²) in [6.07, 6.45) is 5.89. The van der Waals surface area contributed by atoms with Gasteiger partial charge in [-0.05, 0) is 43.5 Å². The number of anilines is 1. The molecule has 7 heteroatoms. The molecule has 0 saturated carbocycles. The first-order valence-corrected chi connectivity index (χ1v) is 7.42. The fraction of sp³-hybridized carbons (Fsp3) is 0.375. The summed E-state index contributed by atoms with van der Waals surface area (Å²) in [5, 5.41) is 2.83. The zero-order valence-corrected chi connectivity index (χ0v) is 14.5. The van der Waals surface area contributed by atoms with Crippen molar-refractivity contribution < 1.29 is 4.79 Å². The van der Waals surface area contributed by atoms with Crippen molar-refractivity contribution >= 4 is 36.4 Å². The maximum atomic E-state index is 11.5. The van der Waals surface area contributed by atoms with E-state index in [0.717, 1.165) is 30.0 Å². The fourth-order valence-electron chi connectivity index (χ4n) is 2.72. The van der Waals surface area contributed by atoms with Gasteiger partial charge in [0, 0.05) is 42.7 Å².